The van der Waals surface area contributed by atoms with E-state index >= 15 is 0 Å². The Hall–Kier alpha value is -1.53. The third kappa shape index (κ3) is 3.21. The number of hydrogen-bond donors (Lipinski definition) is 2. The van der Waals surface area contributed by atoms with E-state index in [4.69, 9.17) is 5.11 Å². The Labute approximate surface area is 99.7 Å². The van der Waals surface area contributed by atoms with Crippen LogP contribution in [0, 0.1) is 0 Å². The quantitative estimate of drug-likeness (QED) is 0.761. The molecule has 0 radical (unpaired) electrons. The smallest absolute Gasteiger partial charge is 0.240 e. The Balaban J connectivity index is 1.85. The second kappa shape index (κ2) is 5.70. The predicted octanol–water partition coefficient (Wildman–Crippen LogP) is -0.128. The summed E-state index contributed by atoms with van der Waals surface area (Å²) in [4.78, 5) is 21.5. The van der Waals surface area contributed by atoms with Gasteiger partial charge in [-0.25, -0.2) is 9.97 Å². The Morgan fingerprint density at radius 1 is 1.53 bits per heavy atom. The van der Waals surface area contributed by atoms with Crippen LogP contribution in [0.25, 0.3) is 0 Å². The minimum absolute atomic E-state index is 0.106. The summed E-state index contributed by atoms with van der Waals surface area (Å²) in [6, 6.07) is 1.80. The lowest BCUT2D eigenvalue weighted by Gasteiger charge is -2.21. The van der Waals surface area contributed by atoms with E-state index in [1.807, 2.05) is 4.90 Å². The fourth-order valence-corrected chi connectivity index (χ4v) is 2.02. The second-order valence-electron chi connectivity index (χ2n) is 4.07. The minimum Gasteiger partial charge on any atom is -0.395 e. The van der Waals surface area contributed by atoms with Gasteiger partial charge < -0.3 is 5.11 Å². The molecule has 1 aliphatic heterocycles. The van der Waals surface area contributed by atoms with E-state index in [9.17, 15) is 4.79 Å². The van der Waals surface area contributed by atoms with Crippen molar-refractivity contribution in [2.75, 3.05) is 25.0 Å². The molecule has 2 heterocycles. The average Bonchev–Trinajstić information content (AvgIpc) is 2.77. The third-order valence-electron chi connectivity index (χ3n) is 2.87. The van der Waals surface area contributed by atoms with E-state index in [1.54, 1.807) is 18.5 Å². The molecule has 6 heteroatoms. The molecule has 1 amide bonds. The molecular formula is C11H16N4O2. The molecule has 2 N–H and O–H groups in total. The number of hydrogen-bond acceptors (Lipinski definition) is 5. The van der Waals surface area contributed by atoms with Gasteiger partial charge in [-0.15, -0.1) is 0 Å². The van der Waals surface area contributed by atoms with Gasteiger partial charge in [0.15, 0.2) is 0 Å². The largest absolute Gasteiger partial charge is 0.395 e. The van der Waals surface area contributed by atoms with Gasteiger partial charge in [0.05, 0.1) is 13.2 Å². The summed E-state index contributed by atoms with van der Waals surface area (Å²) in [6.07, 6.45) is 5.13. The average molecular weight is 236 g/mol. The Kier molecular flexibility index (Phi) is 4.00. The lowest BCUT2D eigenvalue weighted by atomic mass is 10.2. The highest BCUT2D eigenvalue weighted by atomic mass is 16.3. The first kappa shape index (κ1) is 11.9. The zero-order valence-corrected chi connectivity index (χ0v) is 9.54. The SMILES string of the molecule is O=C(CN1CCCC1CO)Nc1ncccn1. The van der Waals surface area contributed by atoms with Crippen LogP contribution in [0.1, 0.15) is 12.8 Å². The molecule has 1 aliphatic rings. The number of likely N-dealkylation sites (tertiary alicyclic amines) is 1. The third-order valence-corrected chi connectivity index (χ3v) is 2.87. The molecule has 0 saturated carbocycles. The summed E-state index contributed by atoms with van der Waals surface area (Å²) in [6.45, 7) is 1.24. The van der Waals surface area contributed by atoms with Crippen LogP contribution in [-0.2, 0) is 4.79 Å². The molecule has 1 fully saturated rings. The van der Waals surface area contributed by atoms with E-state index in [-0.39, 0.29) is 25.1 Å². The molecule has 92 valence electrons. The van der Waals surface area contributed by atoms with Gasteiger partial charge in [-0.3, -0.25) is 15.0 Å². The van der Waals surface area contributed by atoms with Crippen molar-refractivity contribution in [1.29, 1.82) is 0 Å². The first-order chi connectivity index (χ1) is 8.29. The van der Waals surface area contributed by atoms with Crippen LogP contribution < -0.4 is 5.32 Å². The molecule has 0 spiro atoms. The van der Waals surface area contributed by atoms with Crippen molar-refractivity contribution < 1.29 is 9.90 Å². The van der Waals surface area contributed by atoms with Crippen LogP contribution in [0.2, 0.25) is 0 Å². The minimum atomic E-state index is -0.142. The molecule has 6 nitrogen and oxygen atoms in total. The van der Waals surface area contributed by atoms with Crippen molar-refractivity contribution in [3.8, 4) is 0 Å². The molecule has 2 rings (SSSR count). The Bertz CT molecular complexity index is 371. The summed E-state index contributed by atoms with van der Waals surface area (Å²) >= 11 is 0. The van der Waals surface area contributed by atoms with Crippen molar-refractivity contribution in [3.05, 3.63) is 18.5 Å². The number of carbonyl (C=O) groups excluding carboxylic acids is 1. The van der Waals surface area contributed by atoms with E-state index < -0.39 is 0 Å². The topological polar surface area (TPSA) is 78.4 Å². The van der Waals surface area contributed by atoms with E-state index in [0.717, 1.165) is 19.4 Å². The van der Waals surface area contributed by atoms with Gasteiger partial charge in [0, 0.05) is 18.4 Å². The van der Waals surface area contributed by atoms with Crippen molar-refractivity contribution in [2.45, 2.75) is 18.9 Å². The number of aliphatic hydroxyl groups excluding tert-OH is 1. The highest BCUT2D eigenvalue weighted by molar-refractivity contribution is 5.90. The summed E-state index contributed by atoms with van der Waals surface area (Å²) in [5.41, 5.74) is 0. The molecule has 1 aromatic rings. The monoisotopic (exact) mass is 236 g/mol. The summed E-state index contributed by atoms with van der Waals surface area (Å²) in [5, 5.41) is 11.8. The maximum absolute atomic E-state index is 11.7. The molecule has 1 saturated heterocycles. The number of aromatic nitrogens is 2. The number of nitrogens with one attached hydrogen (secondary N) is 1. The van der Waals surface area contributed by atoms with Gasteiger partial charge in [-0.1, -0.05) is 0 Å². The first-order valence-corrected chi connectivity index (χ1v) is 5.71. The normalized spacial score (nSPS) is 20.4. The highest BCUT2D eigenvalue weighted by Crippen LogP contribution is 2.15. The molecule has 0 aliphatic carbocycles. The Morgan fingerprint density at radius 3 is 3.00 bits per heavy atom. The number of anilines is 1. The van der Waals surface area contributed by atoms with Gasteiger partial charge in [-0.05, 0) is 25.5 Å². The van der Waals surface area contributed by atoms with Gasteiger partial charge in [0.2, 0.25) is 11.9 Å². The summed E-state index contributed by atoms with van der Waals surface area (Å²) in [5.74, 6) is 0.175. The van der Waals surface area contributed by atoms with Crippen LogP contribution in [0.3, 0.4) is 0 Å². The van der Waals surface area contributed by atoms with Crippen LogP contribution >= 0.6 is 0 Å². The predicted molar refractivity (Wildman–Crippen MR) is 62.3 cm³/mol. The fraction of sp³-hybridized carbons (Fsp3) is 0.545. The zero-order chi connectivity index (χ0) is 12.1. The van der Waals surface area contributed by atoms with Gasteiger partial charge in [-0.2, -0.15) is 0 Å². The summed E-state index contributed by atoms with van der Waals surface area (Å²) in [7, 11) is 0. The maximum atomic E-state index is 11.7. The van der Waals surface area contributed by atoms with Crippen LogP contribution in [0.4, 0.5) is 5.95 Å². The lowest BCUT2D eigenvalue weighted by Crippen LogP contribution is -2.38. The lowest BCUT2D eigenvalue weighted by molar-refractivity contribution is -0.117. The van der Waals surface area contributed by atoms with Gasteiger partial charge in [0.25, 0.3) is 0 Å². The molecule has 1 unspecified atom stereocenters. The molecule has 0 bridgehead atoms. The number of amides is 1. The van der Waals surface area contributed by atoms with E-state index in [0.29, 0.717) is 5.95 Å². The molecule has 17 heavy (non-hydrogen) atoms. The first-order valence-electron chi connectivity index (χ1n) is 5.71. The van der Waals surface area contributed by atoms with Crippen LogP contribution in [0.15, 0.2) is 18.5 Å². The van der Waals surface area contributed by atoms with E-state index in [2.05, 4.69) is 15.3 Å². The van der Waals surface area contributed by atoms with Crippen molar-refractivity contribution >= 4 is 11.9 Å². The van der Waals surface area contributed by atoms with Gasteiger partial charge >= 0.3 is 0 Å². The van der Waals surface area contributed by atoms with Gasteiger partial charge in [0.1, 0.15) is 0 Å². The number of rotatable bonds is 4. The van der Waals surface area contributed by atoms with E-state index in [1.165, 1.54) is 0 Å². The molecule has 1 atom stereocenters. The zero-order valence-electron chi connectivity index (χ0n) is 9.54. The van der Waals surface area contributed by atoms with Crippen molar-refractivity contribution in [3.63, 3.8) is 0 Å². The summed E-state index contributed by atoms with van der Waals surface area (Å²) < 4.78 is 0. The fourth-order valence-electron chi connectivity index (χ4n) is 2.02. The number of aliphatic hydroxyl groups is 1. The second-order valence-corrected chi connectivity index (χ2v) is 4.07. The number of nitrogens with zero attached hydrogens (tertiary/aromatic N) is 3. The molecular weight excluding hydrogens is 220 g/mol. The highest BCUT2D eigenvalue weighted by Gasteiger charge is 2.25. The Morgan fingerprint density at radius 2 is 2.29 bits per heavy atom. The van der Waals surface area contributed by atoms with Crippen LogP contribution in [-0.4, -0.2) is 51.6 Å². The number of carbonyl (C=O) groups is 1. The van der Waals surface area contributed by atoms with Crippen molar-refractivity contribution in [2.24, 2.45) is 0 Å². The van der Waals surface area contributed by atoms with Crippen LogP contribution in [0.5, 0.6) is 0 Å². The van der Waals surface area contributed by atoms with Crippen molar-refractivity contribution in [1.82, 2.24) is 14.9 Å². The standard InChI is InChI=1S/C11H16N4O2/c16-8-9-3-1-6-15(9)7-10(17)14-11-12-4-2-5-13-11/h2,4-5,9,16H,1,3,6-8H2,(H,12,13,14,17). The molecule has 0 aromatic carbocycles. The maximum Gasteiger partial charge on any atom is 0.240 e. The molecule has 1 aromatic heterocycles.